The summed E-state index contributed by atoms with van der Waals surface area (Å²) in [5.74, 6) is -0.504. The van der Waals surface area contributed by atoms with Crippen LogP contribution in [0.3, 0.4) is 0 Å². The summed E-state index contributed by atoms with van der Waals surface area (Å²) in [7, 11) is 1.51. The molecule has 3 N–H and O–H groups in total. The second kappa shape index (κ2) is 7.32. The van der Waals surface area contributed by atoms with Gasteiger partial charge in [0.25, 0.3) is 0 Å². The molecule has 1 fully saturated rings. The third-order valence-electron chi connectivity index (χ3n) is 3.65. The van der Waals surface area contributed by atoms with E-state index in [1.807, 2.05) is 0 Å². The van der Waals surface area contributed by atoms with E-state index in [1.54, 1.807) is 25.1 Å². The van der Waals surface area contributed by atoms with Gasteiger partial charge in [-0.15, -0.1) is 0 Å². The van der Waals surface area contributed by atoms with Crippen LogP contribution in [0, 0.1) is 5.92 Å². The summed E-state index contributed by atoms with van der Waals surface area (Å²) in [4.78, 5) is 34.9. The van der Waals surface area contributed by atoms with Gasteiger partial charge in [-0.25, -0.2) is 4.79 Å². The van der Waals surface area contributed by atoms with E-state index in [4.69, 9.17) is 16.3 Å². The third-order valence-corrected chi connectivity index (χ3v) is 3.95. The summed E-state index contributed by atoms with van der Waals surface area (Å²) in [6.45, 7) is 1.74. The summed E-state index contributed by atoms with van der Waals surface area (Å²) < 4.78 is 5.04. The minimum Gasteiger partial charge on any atom is -0.495 e. The molecule has 7 nitrogen and oxygen atoms in total. The Bertz CT molecular complexity index is 635. The van der Waals surface area contributed by atoms with Gasteiger partial charge in [0, 0.05) is 18.2 Å². The molecule has 2 rings (SSSR count). The van der Waals surface area contributed by atoms with Crippen LogP contribution in [-0.2, 0) is 9.59 Å². The van der Waals surface area contributed by atoms with Gasteiger partial charge in [-0.1, -0.05) is 11.6 Å². The fourth-order valence-corrected chi connectivity index (χ4v) is 2.67. The lowest BCUT2D eigenvalue weighted by molar-refractivity contribution is -0.126. The topological polar surface area (TPSA) is 96.5 Å². The lowest BCUT2D eigenvalue weighted by atomic mass is 9.93. The smallest absolute Gasteiger partial charge is 0.321 e. The van der Waals surface area contributed by atoms with Gasteiger partial charge in [0.1, 0.15) is 5.75 Å². The molecule has 1 aliphatic rings. The molecule has 1 heterocycles. The molecule has 0 aliphatic carbocycles. The molecule has 0 aromatic heterocycles. The molecular formula is C15H18ClN3O4. The van der Waals surface area contributed by atoms with Gasteiger partial charge < -0.3 is 15.4 Å². The number of benzene rings is 1. The Labute approximate surface area is 138 Å². The highest BCUT2D eigenvalue weighted by Gasteiger charge is 2.32. The number of carbonyl (C=O) groups is 3. The van der Waals surface area contributed by atoms with Crippen molar-refractivity contribution in [2.24, 2.45) is 5.92 Å². The van der Waals surface area contributed by atoms with Gasteiger partial charge in [0.15, 0.2) is 0 Å². The number of urea groups is 1. The van der Waals surface area contributed by atoms with Gasteiger partial charge in [0.05, 0.1) is 18.1 Å². The maximum Gasteiger partial charge on any atom is 0.321 e. The maximum absolute atomic E-state index is 12.0. The minimum atomic E-state index is -0.504. The Hall–Kier alpha value is -2.28. The monoisotopic (exact) mass is 339 g/mol. The Morgan fingerprint density at radius 1 is 1.39 bits per heavy atom. The normalized spacial score (nSPS) is 20.5. The van der Waals surface area contributed by atoms with E-state index in [2.05, 4.69) is 16.0 Å². The molecule has 23 heavy (non-hydrogen) atoms. The van der Waals surface area contributed by atoms with Crippen molar-refractivity contribution >= 4 is 35.1 Å². The van der Waals surface area contributed by atoms with Crippen molar-refractivity contribution in [3.8, 4) is 5.75 Å². The molecular weight excluding hydrogens is 322 g/mol. The van der Waals surface area contributed by atoms with Crippen LogP contribution in [0.5, 0.6) is 5.75 Å². The summed E-state index contributed by atoms with van der Waals surface area (Å²) in [6, 6.07) is 4.12. The lowest BCUT2D eigenvalue weighted by Crippen LogP contribution is -2.57. The first-order valence-electron chi connectivity index (χ1n) is 7.15. The van der Waals surface area contributed by atoms with Crippen molar-refractivity contribution in [1.29, 1.82) is 0 Å². The van der Waals surface area contributed by atoms with Crippen LogP contribution in [-0.4, -0.2) is 31.0 Å². The van der Waals surface area contributed by atoms with Crippen LogP contribution < -0.4 is 20.7 Å². The van der Waals surface area contributed by atoms with Crippen molar-refractivity contribution in [1.82, 2.24) is 10.6 Å². The molecule has 2 atom stereocenters. The summed E-state index contributed by atoms with van der Waals surface area (Å²) >= 11 is 5.99. The fraction of sp³-hybridized carbons (Fsp3) is 0.400. The molecule has 1 aromatic rings. The second-order valence-corrected chi connectivity index (χ2v) is 5.70. The average Bonchev–Trinajstić information content (AvgIpc) is 2.46. The maximum atomic E-state index is 12.0. The number of imide groups is 1. The molecule has 1 aliphatic heterocycles. The Morgan fingerprint density at radius 3 is 2.74 bits per heavy atom. The highest BCUT2D eigenvalue weighted by Crippen LogP contribution is 2.27. The van der Waals surface area contributed by atoms with Crippen molar-refractivity contribution in [2.45, 2.75) is 25.8 Å². The van der Waals surface area contributed by atoms with Crippen molar-refractivity contribution in [3.63, 3.8) is 0 Å². The second-order valence-electron chi connectivity index (χ2n) is 5.29. The number of amides is 4. The van der Waals surface area contributed by atoms with E-state index in [0.29, 0.717) is 22.9 Å². The quantitative estimate of drug-likeness (QED) is 0.763. The first-order chi connectivity index (χ1) is 10.9. The Balaban J connectivity index is 1.89. The Kier molecular flexibility index (Phi) is 5.44. The predicted octanol–water partition coefficient (Wildman–Crippen LogP) is 1.91. The largest absolute Gasteiger partial charge is 0.495 e. The van der Waals surface area contributed by atoms with Gasteiger partial charge in [0.2, 0.25) is 11.8 Å². The van der Waals surface area contributed by atoms with Gasteiger partial charge in [-0.05, 0) is 31.5 Å². The van der Waals surface area contributed by atoms with Crippen LogP contribution in [0.1, 0.15) is 19.8 Å². The summed E-state index contributed by atoms with van der Waals surface area (Å²) in [5, 5.41) is 7.93. The van der Waals surface area contributed by atoms with E-state index in [0.717, 1.165) is 0 Å². The number of halogens is 1. The van der Waals surface area contributed by atoms with Gasteiger partial charge >= 0.3 is 6.03 Å². The number of rotatable bonds is 5. The molecule has 2 unspecified atom stereocenters. The summed E-state index contributed by atoms with van der Waals surface area (Å²) in [6.07, 6.45) is 0.491. The van der Waals surface area contributed by atoms with E-state index in [-0.39, 0.29) is 24.3 Å². The minimum absolute atomic E-state index is 0.155. The number of carbonyl (C=O) groups excluding carboxylic acids is 3. The molecule has 124 valence electrons. The standard InChI is InChI=1S/C15H18ClN3O4/c1-8-10(14(21)19-15(22)17-8)4-6-13(20)18-9-3-5-12(23-2)11(16)7-9/h3,5,7-8,10H,4,6H2,1-2H3,(H,18,20)(H2,17,19,21,22). The molecule has 0 radical (unpaired) electrons. The van der Waals surface area contributed by atoms with Crippen molar-refractivity contribution in [3.05, 3.63) is 23.2 Å². The van der Waals surface area contributed by atoms with Crippen LogP contribution in [0.4, 0.5) is 10.5 Å². The SMILES string of the molecule is COc1ccc(NC(=O)CCC2C(=O)NC(=O)NC2C)cc1Cl. The number of anilines is 1. The lowest BCUT2D eigenvalue weighted by Gasteiger charge is -2.28. The third kappa shape index (κ3) is 4.35. The van der Waals surface area contributed by atoms with E-state index in [9.17, 15) is 14.4 Å². The number of nitrogens with one attached hydrogen (secondary N) is 3. The van der Waals surface area contributed by atoms with Gasteiger partial charge in [-0.2, -0.15) is 0 Å². The zero-order chi connectivity index (χ0) is 17.0. The van der Waals surface area contributed by atoms with Gasteiger partial charge in [-0.3, -0.25) is 14.9 Å². The zero-order valence-electron chi connectivity index (χ0n) is 12.8. The number of ether oxygens (including phenoxy) is 1. The van der Waals surface area contributed by atoms with E-state index in [1.165, 1.54) is 7.11 Å². The van der Waals surface area contributed by atoms with Crippen molar-refractivity contribution in [2.75, 3.05) is 12.4 Å². The highest BCUT2D eigenvalue weighted by atomic mass is 35.5. The zero-order valence-corrected chi connectivity index (χ0v) is 13.6. The number of hydrogen-bond acceptors (Lipinski definition) is 4. The van der Waals surface area contributed by atoms with Crippen LogP contribution in [0.2, 0.25) is 5.02 Å². The van der Waals surface area contributed by atoms with Crippen LogP contribution >= 0.6 is 11.6 Å². The predicted molar refractivity (Wildman–Crippen MR) is 85.5 cm³/mol. The molecule has 0 bridgehead atoms. The van der Waals surface area contributed by atoms with E-state index < -0.39 is 11.9 Å². The Morgan fingerprint density at radius 2 is 2.13 bits per heavy atom. The number of methoxy groups -OCH3 is 1. The molecule has 0 spiro atoms. The molecule has 1 aromatic carbocycles. The van der Waals surface area contributed by atoms with Crippen LogP contribution in [0.15, 0.2) is 18.2 Å². The molecule has 8 heteroatoms. The summed E-state index contributed by atoms with van der Waals surface area (Å²) in [5.41, 5.74) is 0.551. The first kappa shape index (κ1) is 17.1. The first-order valence-corrected chi connectivity index (χ1v) is 7.53. The molecule has 1 saturated heterocycles. The number of hydrogen-bond donors (Lipinski definition) is 3. The van der Waals surface area contributed by atoms with E-state index >= 15 is 0 Å². The molecule has 0 saturated carbocycles. The van der Waals surface area contributed by atoms with Crippen molar-refractivity contribution < 1.29 is 19.1 Å². The van der Waals surface area contributed by atoms with Crippen LogP contribution in [0.25, 0.3) is 0 Å². The highest BCUT2D eigenvalue weighted by molar-refractivity contribution is 6.32. The molecule has 4 amide bonds. The average molecular weight is 340 g/mol. The fourth-order valence-electron chi connectivity index (χ4n) is 2.41.